The van der Waals surface area contributed by atoms with E-state index >= 15 is 0 Å². The number of rotatable bonds is 10. The van der Waals surface area contributed by atoms with Gasteiger partial charge in [-0.3, -0.25) is 14.4 Å². The molecule has 0 aliphatic rings. The quantitative estimate of drug-likeness (QED) is 0.489. The summed E-state index contributed by atoms with van der Waals surface area (Å²) in [6.45, 7) is 4.31. The molecule has 7 heteroatoms. The summed E-state index contributed by atoms with van der Waals surface area (Å²) in [5.41, 5.74) is 0.457. The van der Waals surface area contributed by atoms with Crippen LogP contribution < -0.4 is 15.4 Å². The highest BCUT2D eigenvalue weighted by Crippen LogP contribution is 2.12. The Morgan fingerprint density at radius 2 is 1.73 bits per heavy atom. The number of ether oxygens (including phenoxy) is 2. The molecular weight excluding hydrogens is 336 g/mol. The Labute approximate surface area is 154 Å². The van der Waals surface area contributed by atoms with Crippen LogP contribution in [0.5, 0.6) is 5.75 Å². The minimum Gasteiger partial charge on any atom is -0.497 e. The van der Waals surface area contributed by atoms with Crippen LogP contribution >= 0.6 is 0 Å². The van der Waals surface area contributed by atoms with Crippen molar-refractivity contribution in [1.29, 1.82) is 0 Å². The summed E-state index contributed by atoms with van der Waals surface area (Å²) in [4.78, 5) is 35.9. The number of hydrogen-bond donors (Lipinski definition) is 2. The second kappa shape index (κ2) is 11.1. The molecular formula is C19H28N2O5. The number of nitrogens with one attached hydrogen (secondary N) is 2. The minimum absolute atomic E-state index is 0.233. The maximum atomic E-state index is 12.4. The molecule has 0 aliphatic carbocycles. The lowest BCUT2D eigenvalue weighted by molar-refractivity contribution is -0.140. The maximum absolute atomic E-state index is 12.4. The highest BCUT2D eigenvalue weighted by Gasteiger charge is 2.22. The van der Waals surface area contributed by atoms with Crippen LogP contribution in [-0.2, 0) is 14.3 Å². The summed E-state index contributed by atoms with van der Waals surface area (Å²) in [5, 5.41) is 5.54. The fourth-order valence-electron chi connectivity index (χ4n) is 2.36. The second-order valence-electron chi connectivity index (χ2n) is 6.35. The van der Waals surface area contributed by atoms with Crippen LogP contribution in [0.15, 0.2) is 24.3 Å². The number of carbonyl (C=O) groups excluding carboxylic acids is 3. The van der Waals surface area contributed by atoms with Crippen LogP contribution in [0.25, 0.3) is 0 Å². The van der Waals surface area contributed by atoms with E-state index < -0.39 is 6.04 Å². The first kappa shape index (κ1) is 21.5. The summed E-state index contributed by atoms with van der Waals surface area (Å²) >= 11 is 0. The van der Waals surface area contributed by atoms with Gasteiger partial charge in [0.2, 0.25) is 5.91 Å². The molecule has 0 aromatic heterocycles. The molecule has 0 spiro atoms. The van der Waals surface area contributed by atoms with Gasteiger partial charge in [0.15, 0.2) is 0 Å². The summed E-state index contributed by atoms with van der Waals surface area (Å²) in [6, 6.07) is 6.05. The number of esters is 1. The smallest absolute Gasteiger partial charge is 0.305 e. The zero-order valence-electron chi connectivity index (χ0n) is 15.8. The maximum Gasteiger partial charge on any atom is 0.305 e. The molecule has 0 fully saturated rings. The fraction of sp³-hybridized carbons (Fsp3) is 0.526. The van der Waals surface area contributed by atoms with Gasteiger partial charge >= 0.3 is 5.97 Å². The van der Waals surface area contributed by atoms with Crippen LogP contribution in [0.2, 0.25) is 0 Å². The molecule has 0 aliphatic heterocycles. The molecule has 0 heterocycles. The van der Waals surface area contributed by atoms with E-state index in [1.807, 2.05) is 13.8 Å². The van der Waals surface area contributed by atoms with Gasteiger partial charge in [-0.2, -0.15) is 0 Å². The molecule has 144 valence electrons. The van der Waals surface area contributed by atoms with Crippen molar-refractivity contribution < 1.29 is 23.9 Å². The monoisotopic (exact) mass is 364 g/mol. The lowest BCUT2D eigenvalue weighted by atomic mass is 10.0. The van der Waals surface area contributed by atoms with Gasteiger partial charge < -0.3 is 20.1 Å². The van der Waals surface area contributed by atoms with Crippen LogP contribution in [0.1, 0.15) is 43.5 Å². The highest BCUT2D eigenvalue weighted by molar-refractivity contribution is 5.97. The van der Waals surface area contributed by atoms with Gasteiger partial charge in [0.1, 0.15) is 11.8 Å². The van der Waals surface area contributed by atoms with Gasteiger partial charge in [-0.25, -0.2) is 0 Å². The Balaban J connectivity index is 2.62. The lowest BCUT2D eigenvalue weighted by Gasteiger charge is -2.20. The molecule has 2 amide bonds. The van der Waals surface area contributed by atoms with Crippen molar-refractivity contribution in [3.8, 4) is 5.75 Å². The Hall–Kier alpha value is -2.57. The summed E-state index contributed by atoms with van der Waals surface area (Å²) in [6.07, 6.45) is 1.24. The minimum atomic E-state index is -0.636. The van der Waals surface area contributed by atoms with E-state index in [0.29, 0.717) is 30.7 Å². The summed E-state index contributed by atoms with van der Waals surface area (Å²) in [5.74, 6) is -0.000143. The molecule has 1 rings (SSSR count). The topological polar surface area (TPSA) is 93.7 Å². The zero-order valence-corrected chi connectivity index (χ0v) is 15.8. The largest absolute Gasteiger partial charge is 0.497 e. The van der Waals surface area contributed by atoms with Crippen molar-refractivity contribution in [3.63, 3.8) is 0 Å². The van der Waals surface area contributed by atoms with Gasteiger partial charge in [-0.15, -0.1) is 0 Å². The van der Waals surface area contributed by atoms with Gasteiger partial charge in [0.25, 0.3) is 5.91 Å². The molecule has 26 heavy (non-hydrogen) atoms. The highest BCUT2D eigenvalue weighted by atomic mass is 16.5. The molecule has 1 aromatic rings. The van der Waals surface area contributed by atoms with Gasteiger partial charge in [0, 0.05) is 18.5 Å². The van der Waals surface area contributed by atoms with Crippen molar-refractivity contribution in [3.05, 3.63) is 29.8 Å². The van der Waals surface area contributed by atoms with E-state index in [2.05, 4.69) is 15.4 Å². The number of methoxy groups -OCH3 is 2. The molecule has 1 atom stereocenters. The molecule has 0 radical (unpaired) electrons. The standard InChI is InChI=1S/C19H28N2O5/c1-13(2)12-16(19(24)20-11-5-6-17(22)26-4)21-18(23)14-7-9-15(25-3)10-8-14/h7-10,13,16H,5-6,11-12H2,1-4H3,(H,20,24)(H,21,23)/t16-/m0/s1. The third kappa shape index (κ3) is 7.55. The van der Waals surface area contributed by atoms with E-state index in [1.54, 1.807) is 31.4 Å². The summed E-state index contributed by atoms with van der Waals surface area (Å²) < 4.78 is 9.63. The average molecular weight is 364 g/mol. The van der Waals surface area contributed by atoms with Crippen LogP contribution in [-0.4, -0.2) is 44.6 Å². The third-order valence-electron chi connectivity index (χ3n) is 3.77. The van der Waals surface area contributed by atoms with Crippen molar-refractivity contribution in [1.82, 2.24) is 10.6 Å². The van der Waals surface area contributed by atoms with E-state index in [0.717, 1.165) is 0 Å². The van der Waals surface area contributed by atoms with Gasteiger partial charge in [-0.1, -0.05) is 13.8 Å². The van der Waals surface area contributed by atoms with Crippen molar-refractivity contribution in [2.75, 3.05) is 20.8 Å². The number of hydrogen-bond acceptors (Lipinski definition) is 5. The Morgan fingerprint density at radius 3 is 2.27 bits per heavy atom. The fourth-order valence-corrected chi connectivity index (χ4v) is 2.36. The zero-order chi connectivity index (χ0) is 19.5. The predicted molar refractivity (Wildman–Crippen MR) is 98.0 cm³/mol. The number of carbonyl (C=O) groups is 3. The predicted octanol–water partition coefficient (Wildman–Crippen LogP) is 1.91. The average Bonchev–Trinajstić information content (AvgIpc) is 2.63. The van der Waals surface area contributed by atoms with Crippen LogP contribution in [0, 0.1) is 5.92 Å². The Kier molecular flexibility index (Phi) is 9.19. The normalized spacial score (nSPS) is 11.6. The Bertz CT molecular complexity index is 598. The van der Waals surface area contributed by atoms with Crippen molar-refractivity contribution >= 4 is 17.8 Å². The molecule has 0 bridgehead atoms. The molecule has 0 saturated carbocycles. The van der Waals surface area contributed by atoms with Gasteiger partial charge in [0.05, 0.1) is 14.2 Å². The molecule has 0 saturated heterocycles. The number of amides is 2. The summed E-state index contributed by atoms with van der Waals surface area (Å²) in [7, 11) is 2.88. The molecule has 7 nitrogen and oxygen atoms in total. The van der Waals surface area contributed by atoms with Crippen molar-refractivity contribution in [2.24, 2.45) is 5.92 Å². The van der Waals surface area contributed by atoms with E-state index in [4.69, 9.17) is 4.74 Å². The van der Waals surface area contributed by atoms with Crippen molar-refractivity contribution in [2.45, 2.75) is 39.2 Å². The first-order valence-electron chi connectivity index (χ1n) is 8.66. The molecule has 2 N–H and O–H groups in total. The molecule has 0 unspecified atom stereocenters. The SMILES string of the molecule is COC(=O)CCCNC(=O)[C@H](CC(C)C)NC(=O)c1ccc(OC)cc1. The van der Waals surface area contributed by atoms with Gasteiger partial charge in [-0.05, 0) is 43.0 Å². The van der Waals surface area contributed by atoms with Crippen LogP contribution in [0.3, 0.4) is 0 Å². The first-order chi connectivity index (χ1) is 12.4. The lowest BCUT2D eigenvalue weighted by Crippen LogP contribution is -2.47. The number of benzene rings is 1. The van der Waals surface area contributed by atoms with E-state index in [1.165, 1.54) is 7.11 Å². The Morgan fingerprint density at radius 1 is 1.08 bits per heavy atom. The van der Waals surface area contributed by atoms with E-state index in [-0.39, 0.29) is 30.1 Å². The second-order valence-corrected chi connectivity index (χ2v) is 6.35. The van der Waals surface area contributed by atoms with Crippen LogP contribution in [0.4, 0.5) is 0 Å². The first-order valence-corrected chi connectivity index (χ1v) is 8.66. The third-order valence-corrected chi connectivity index (χ3v) is 3.77. The molecule has 1 aromatic carbocycles. The van der Waals surface area contributed by atoms with E-state index in [9.17, 15) is 14.4 Å².